The topological polar surface area (TPSA) is 21.7 Å². The van der Waals surface area contributed by atoms with Crippen molar-refractivity contribution < 1.29 is 4.57 Å². The lowest BCUT2D eigenvalue weighted by atomic mass is 9.90. The highest BCUT2D eigenvalue weighted by molar-refractivity contribution is 7.26. The minimum Gasteiger partial charge on any atom is -0.261 e. The molecule has 3 aromatic heterocycles. The summed E-state index contributed by atoms with van der Waals surface area (Å²) < 4.78 is 7.61. The van der Waals surface area contributed by atoms with Crippen molar-refractivity contribution >= 4 is 42.5 Å². The monoisotopic (exact) mass is 490 g/mol. The van der Waals surface area contributed by atoms with Gasteiger partial charge in [-0.2, -0.15) is 4.57 Å². The highest BCUT2D eigenvalue weighted by Gasteiger charge is 2.33. The Labute approximate surface area is 216 Å². The summed E-state index contributed by atoms with van der Waals surface area (Å²) in [5, 5.41) is 2.74. The van der Waals surface area contributed by atoms with E-state index in [0.29, 0.717) is 11.8 Å². The first kappa shape index (κ1) is 22.9. The van der Waals surface area contributed by atoms with Crippen molar-refractivity contribution in [2.45, 2.75) is 46.5 Å². The van der Waals surface area contributed by atoms with E-state index in [4.69, 9.17) is 0 Å². The number of fused-ring (bicyclic) bond motifs is 4. The van der Waals surface area contributed by atoms with Gasteiger partial charge in [0.05, 0.1) is 18.3 Å². The molecule has 0 atom stereocenters. The molecule has 0 spiro atoms. The Balaban J connectivity index is 1.87. The lowest BCUT2D eigenvalue weighted by Crippen LogP contribution is -2.30. The van der Waals surface area contributed by atoms with Gasteiger partial charge in [-0.05, 0) is 55.2 Å². The normalized spacial score (nSPS) is 12.1. The molecule has 3 nitrogen and oxygen atoms in total. The zero-order valence-corrected chi connectivity index (χ0v) is 22.6. The Morgan fingerprint density at radius 2 is 1.61 bits per heavy atom. The van der Waals surface area contributed by atoms with E-state index in [1.54, 1.807) is 0 Å². The first-order valence-corrected chi connectivity index (χ1v) is 13.6. The number of hydrogen-bond acceptors (Lipinski definition) is 2. The molecule has 0 fully saturated rings. The van der Waals surface area contributed by atoms with Crippen LogP contribution in [0.3, 0.4) is 0 Å². The Morgan fingerprint density at radius 1 is 0.861 bits per heavy atom. The van der Waals surface area contributed by atoms with Gasteiger partial charge in [0.15, 0.2) is 11.0 Å². The number of nitrogens with zero attached hydrogens (tertiary/aromatic N) is 3. The van der Waals surface area contributed by atoms with E-state index in [9.17, 15) is 0 Å². The van der Waals surface area contributed by atoms with Crippen molar-refractivity contribution in [2.24, 2.45) is 7.05 Å². The van der Waals surface area contributed by atoms with Crippen LogP contribution in [0, 0.1) is 6.92 Å². The van der Waals surface area contributed by atoms with Crippen LogP contribution in [0.2, 0.25) is 0 Å². The quantitative estimate of drug-likeness (QED) is 0.227. The van der Waals surface area contributed by atoms with Gasteiger partial charge in [0.2, 0.25) is 0 Å². The summed E-state index contributed by atoms with van der Waals surface area (Å²) in [5.41, 5.74) is 8.79. The Morgan fingerprint density at radius 3 is 2.36 bits per heavy atom. The number of para-hydroxylation sites is 2. The molecule has 0 N–H and O–H groups in total. The maximum absolute atomic E-state index is 4.67. The first-order valence-electron chi connectivity index (χ1n) is 12.8. The number of aryl methyl sites for hydroxylation is 2. The molecule has 180 valence electrons. The lowest BCUT2D eigenvalue weighted by Gasteiger charge is -2.20. The van der Waals surface area contributed by atoms with Gasteiger partial charge >= 0.3 is 0 Å². The summed E-state index contributed by atoms with van der Waals surface area (Å²) in [5.74, 6) is 1.91. The van der Waals surface area contributed by atoms with Crippen LogP contribution in [0.1, 0.15) is 56.4 Å². The fourth-order valence-corrected chi connectivity index (χ4v) is 7.06. The highest BCUT2D eigenvalue weighted by atomic mass is 32.1. The number of rotatable bonds is 4. The van der Waals surface area contributed by atoms with Gasteiger partial charge < -0.3 is 0 Å². The SMILES string of the molecule is Cc1ncccc1-c1n(-c2c(C(C)C)cc3c(sc4ccccc43)c2C(C)C)c2ccccc2[n+]1C. The lowest BCUT2D eigenvalue weighted by molar-refractivity contribution is -0.633. The molecule has 0 amide bonds. The number of hydrogen-bond donors (Lipinski definition) is 0. The second-order valence-electron chi connectivity index (χ2n) is 10.4. The molecule has 0 aliphatic carbocycles. The maximum atomic E-state index is 4.67. The zero-order chi connectivity index (χ0) is 25.1. The predicted molar refractivity (Wildman–Crippen MR) is 153 cm³/mol. The van der Waals surface area contributed by atoms with Crippen LogP contribution in [0.5, 0.6) is 0 Å². The van der Waals surface area contributed by atoms with Crippen LogP contribution >= 0.6 is 11.3 Å². The molecule has 0 bridgehead atoms. The molecule has 36 heavy (non-hydrogen) atoms. The largest absolute Gasteiger partial charge is 0.296 e. The maximum Gasteiger partial charge on any atom is 0.296 e. The van der Waals surface area contributed by atoms with Crippen LogP contribution in [-0.2, 0) is 7.05 Å². The van der Waals surface area contributed by atoms with E-state index < -0.39 is 0 Å². The third-order valence-corrected chi connectivity index (χ3v) is 8.61. The molecule has 4 heteroatoms. The molecule has 3 heterocycles. The summed E-state index contributed by atoms with van der Waals surface area (Å²) in [6.45, 7) is 11.4. The number of aromatic nitrogens is 3. The van der Waals surface area contributed by atoms with Crippen molar-refractivity contribution in [3.8, 4) is 17.1 Å². The van der Waals surface area contributed by atoms with E-state index in [0.717, 1.165) is 11.3 Å². The minimum atomic E-state index is 0.364. The highest BCUT2D eigenvalue weighted by Crippen LogP contribution is 2.45. The Kier molecular flexibility index (Phi) is 5.45. The second kappa shape index (κ2) is 8.56. The van der Waals surface area contributed by atoms with Crippen LogP contribution in [0.4, 0.5) is 0 Å². The molecule has 0 saturated heterocycles. The minimum absolute atomic E-state index is 0.364. The van der Waals surface area contributed by atoms with E-state index in [1.807, 2.05) is 23.6 Å². The van der Waals surface area contributed by atoms with Crippen LogP contribution in [0.15, 0.2) is 72.9 Å². The summed E-state index contributed by atoms with van der Waals surface area (Å²) >= 11 is 1.93. The average Bonchev–Trinajstić information content (AvgIpc) is 3.38. The number of benzene rings is 3. The standard InChI is InChI=1S/C32H32N3S/c1-19(2)24-18-25-23-12-7-10-16-28(23)36-31(25)29(20(3)4)30(24)35-27-15-9-8-14-26(27)34(6)32(35)22-13-11-17-33-21(22)5/h7-20H,1-6H3/q+1. The van der Waals surface area contributed by atoms with E-state index in [1.165, 1.54) is 53.8 Å². The first-order chi connectivity index (χ1) is 17.4. The molecule has 0 radical (unpaired) electrons. The van der Waals surface area contributed by atoms with Crippen molar-refractivity contribution in [3.63, 3.8) is 0 Å². The van der Waals surface area contributed by atoms with Crippen LogP contribution in [-0.4, -0.2) is 9.55 Å². The smallest absolute Gasteiger partial charge is 0.261 e. The van der Waals surface area contributed by atoms with Gasteiger partial charge in [0.1, 0.15) is 5.69 Å². The fraction of sp³-hybridized carbons (Fsp3) is 0.250. The summed E-state index contributed by atoms with van der Waals surface area (Å²) in [4.78, 5) is 4.67. The van der Waals surface area contributed by atoms with E-state index in [2.05, 4.69) is 116 Å². The number of pyridine rings is 1. The Bertz CT molecular complexity index is 1770. The van der Waals surface area contributed by atoms with Crippen molar-refractivity contribution in [3.05, 3.63) is 89.7 Å². The number of thiophene rings is 1. The van der Waals surface area contributed by atoms with Gasteiger partial charge in [0.25, 0.3) is 5.82 Å². The number of imidazole rings is 1. The molecule has 6 aromatic rings. The third kappa shape index (κ3) is 3.31. The second-order valence-corrected chi connectivity index (χ2v) is 11.4. The van der Waals surface area contributed by atoms with Gasteiger partial charge in [-0.15, -0.1) is 11.3 Å². The zero-order valence-electron chi connectivity index (χ0n) is 21.8. The Hall–Kier alpha value is -3.50. The average molecular weight is 491 g/mol. The summed E-state index contributed by atoms with van der Waals surface area (Å²) in [6, 6.07) is 24.3. The summed E-state index contributed by atoms with van der Waals surface area (Å²) in [7, 11) is 2.18. The molecule has 0 aliphatic rings. The van der Waals surface area contributed by atoms with Crippen molar-refractivity contribution in [1.82, 2.24) is 9.55 Å². The van der Waals surface area contributed by atoms with Gasteiger partial charge in [-0.1, -0.05) is 58.0 Å². The molecule has 6 rings (SSSR count). The molecule has 0 unspecified atom stereocenters. The van der Waals surface area contributed by atoms with E-state index >= 15 is 0 Å². The van der Waals surface area contributed by atoms with Gasteiger partial charge in [0, 0.05) is 37.5 Å². The summed E-state index contributed by atoms with van der Waals surface area (Å²) in [6.07, 6.45) is 1.88. The van der Waals surface area contributed by atoms with Crippen molar-refractivity contribution in [2.75, 3.05) is 0 Å². The predicted octanol–water partition coefficient (Wildman–Crippen LogP) is 8.44. The van der Waals surface area contributed by atoms with Crippen molar-refractivity contribution in [1.29, 1.82) is 0 Å². The third-order valence-electron chi connectivity index (χ3n) is 7.39. The molecular formula is C32H32N3S+. The van der Waals surface area contributed by atoms with Crippen LogP contribution in [0.25, 0.3) is 48.3 Å². The van der Waals surface area contributed by atoms with Crippen LogP contribution < -0.4 is 4.57 Å². The fourth-order valence-electron chi connectivity index (χ4n) is 5.68. The molecular weight excluding hydrogens is 458 g/mol. The molecule has 0 aliphatic heterocycles. The van der Waals surface area contributed by atoms with Gasteiger partial charge in [-0.3, -0.25) is 4.98 Å². The van der Waals surface area contributed by atoms with Gasteiger partial charge in [-0.25, -0.2) is 4.57 Å². The molecule has 3 aromatic carbocycles. The van der Waals surface area contributed by atoms with E-state index in [-0.39, 0.29) is 0 Å². The molecule has 0 saturated carbocycles.